The van der Waals surface area contributed by atoms with E-state index in [1.54, 1.807) is 23.5 Å². The van der Waals surface area contributed by atoms with Crippen molar-refractivity contribution >= 4 is 23.2 Å². The van der Waals surface area contributed by atoms with Gasteiger partial charge in [-0.3, -0.25) is 14.5 Å². The summed E-state index contributed by atoms with van der Waals surface area (Å²) in [5.41, 5.74) is 0.832. The van der Waals surface area contributed by atoms with Crippen LogP contribution in [-0.4, -0.2) is 55.9 Å². The first kappa shape index (κ1) is 20.6. The van der Waals surface area contributed by atoms with Crippen LogP contribution in [0.25, 0.3) is 0 Å². The molecule has 30 heavy (non-hydrogen) atoms. The van der Waals surface area contributed by atoms with Gasteiger partial charge in [0.1, 0.15) is 0 Å². The fraction of sp³-hybridized carbons (Fsp3) is 0.429. The number of hydrogen-bond donors (Lipinski definition) is 2. The first-order valence-corrected chi connectivity index (χ1v) is 10.8. The van der Waals surface area contributed by atoms with Crippen molar-refractivity contribution in [1.29, 1.82) is 0 Å². The first-order valence-electron chi connectivity index (χ1n) is 9.94. The third-order valence-corrected chi connectivity index (χ3v) is 6.15. The number of carbonyl (C=O) groups is 2. The first-order chi connectivity index (χ1) is 14.6. The van der Waals surface area contributed by atoms with Crippen LogP contribution in [0, 0.1) is 0 Å². The Morgan fingerprint density at radius 1 is 1.13 bits per heavy atom. The average Bonchev–Trinajstić information content (AvgIpc) is 3.44. The molecule has 3 heterocycles. The fourth-order valence-electron chi connectivity index (χ4n) is 3.72. The number of amides is 2. The molecule has 2 N–H and O–H groups in total. The van der Waals surface area contributed by atoms with E-state index < -0.39 is 11.8 Å². The number of nitrogens with one attached hydrogen (secondary N) is 2. The molecule has 0 bridgehead atoms. The van der Waals surface area contributed by atoms with Crippen LogP contribution < -0.4 is 20.1 Å². The quantitative estimate of drug-likeness (QED) is 0.677. The zero-order chi connectivity index (χ0) is 20.9. The number of carbonyl (C=O) groups excluding carboxylic acids is 2. The number of fused-ring (bicyclic) bond motifs is 1. The second kappa shape index (κ2) is 9.46. The van der Waals surface area contributed by atoms with Gasteiger partial charge in [-0.2, -0.15) is 0 Å². The molecule has 1 aromatic heterocycles. The molecule has 8 nitrogen and oxygen atoms in total. The highest BCUT2D eigenvalue weighted by Crippen LogP contribution is 2.32. The lowest BCUT2D eigenvalue weighted by atomic mass is 10.1. The Labute approximate surface area is 179 Å². The summed E-state index contributed by atoms with van der Waals surface area (Å²) in [7, 11) is 0. The maximum absolute atomic E-state index is 12.5. The van der Waals surface area contributed by atoms with Crippen LogP contribution in [0.2, 0.25) is 0 Å². The van der Waals surface area contributed by atoms with Gasteiger partial charge in [-0.25, -0.2) is 0 Å². The number of rotatable bonds is 6. The van der Waals surface area contributed by atoms with Gasteiger partial charge < -0.3 is 24.8 Å². The summed E-state index contributed by atoms with van der Waals surface area (Å²) in [4.78, 5) is 28.3. The van der Waals surface area contributed by atoms with E-state index in [0.29, 0.717) is 24.7 Å². The lowest BCUT2D eigenvalue weighted by Crippen LogP contribution is -2.51. The summed E-state index contributed by atoms with van der Waals surface area (Å²) in [6.07, 6.45) is 0. The average molecular weight is 432 g/mol. The van der Waals surface area contributed by atoms with E-state index in [4.69, 9.17) is 14.2 Å². The van der Waals surface area contributed by atoms with Crippen LogP contribution in [0.5, 0.6) is 11.5 Å². The summed E-state index contributed by atoms with van der Waals surface area (Å²) in [5, 5.41) is 7.57. The SMILES string of the molecule is C[C@H](NC(=O)C(=O)NCc1ccc2c(c1)OCO2)[C@H](c1cccs1)N1CCOCC1. The summed E-state index contributed by atoms with van der Waals surface area (Å²) in [6, 6.07) is 9.26. The number of benzene rings is 1. The second-order valence-corrected chi connectivity index (χ2v) is 8.22. The van der Waals surface area contributed by atoms with Gasteiger partial charge >= 0.3 is 11.8 Å². The molecular formula is C21H25N3O5S. The predicted molar refractivity (Wildman–Crippen MR) is 111 cm³/mol. The summed E-state index contributed by atoms with van der Waals surface area (Å²) in [6.45, 7) is 5.27. The molecule has 160 valence electrons. The number of thiophene rings is 1. The molecular weight excluding hydrogens is 406 g/mol. The van der Waals surface area contributed by atoms with E-state index >= 15 is 0 Å². The van der Waals surface area contributed by atoms with Crippen molar-refractivity contribution in [3.63, 3.8) is 0 Å². The van der Waals surface area contributed by atoms with E-state index in [2.05, 4.69) is 21.6 Å². The largest absolute Gasteiger partial charge is 0.454 e. The van der Waals surface area contributed by atoms with Gasteiger partial charge in [0.25, 0.3) is 0 Å². The van der Waals surface area contributed by atoms with E-state index in [1.165, 1.54) is 0 Å². The van der Waals surface area contributed by atoms with Crippen molar-refractivity contribution in [2.45, 2.75) is 25.6 Å². The monoisotopic (exact) mass is 431 g/mol. The minimum atomic E-state index is -0.661. The Bertz CT molecular complexity index is 883. The Hall–Kier alpha value is -2.62. The summed E-state index contributed by atoms with van der Waals surface area (Å²) >= 11 is 1.65. The second-order valence-electron chi connectivity index (χ2n) is 7.24. The van der Waals surface area contributed by atoms with Crippen molar-refractivity contribution < 1.29 is 23.8 Å². The van der Waals surface area contributed by atoms with Gasteiger partial charge in [0, 0.05) is 30.6 Å². The normalized spacial score (nSPS) is 17.9. The number of nitrogens with zero attached hydrogens (tertiary/aromatic N) is 1. The van der Waals surface area contributed by atoms with Gasteiger partial charge in [0.05, 0.1) is 19.3 Å². The molecule has 9 heteroatoms. The lowest BCUT2D eigenvalue weighted by Gasteiger charge is -2.37. The van der Waals surface area contributed by atoms with Gasteiger partial charge in [-0.15, -0.1) is 11.3 Å². The van der Waals surface area contributed by atoms with Crippen molar-refractivity contribution in [2.24, 2.45) is 0 Å². The molecule has 1 saturated heterocycles. The molecule has 1 aromatic carbocycles. The van der Waals surface area contributed by atoms with Crippen molar-refractivity contribution in [1.82, 2.24) is 15.5 Å². The van der Waals surface area contributed by atoms with Crippen molar-refractivity contribution in [2.75, 3.05) is 33.1 Å². The summed E-state index contributed by atoms with van der Waals surface area (Å²) in [5.74, 6) is 0.0213. The van der Waals surface area contributed by atoms with Crippen LogP contribution in [0.4, 0.5) is 0 Å². The van der Waals surface area contributed by atoms with Crippen LogP contribution in [0.1, 0.15) is 23.4 Å². The molecule has 2 aromatic rings. The lowest BCUT2D eigenvalue weighted by molar-refractivity contribution is -0.140. The van der Waals surface area contributed by atoms with E-state index in [-0.39, 0.29) is 25.4 Å². The highest BCUT2D eigenvalue weighted by molar-refractivity contribution is 7.10. The Kier molecular flexibility index (Phi) is 6.51. The number of hydrogen-bond acceptors (Lipinski definition) is 7. The highest BCUT2D eigenvalue weighted by Gasteiger charge is 2.30. The fourth-order valence-corrected chi connectivity index (χ4v) is 4.69. The minimum Gasteiger partial charge on any atom is -0.454 e. The van der Waals surface area contributed by atoms with E-state index in [0.717, 1.165) is 23.5 Å². The van der Waals surface area contributed by atoms with Crippen molar-refractivity contribution in [3.8, 4) is 11.5 Å². The smallest absolute Gasteiger partial charge is 0.309 e. The van der Waals surface area contributed by atoms with Gasteiger partial charge in [-0.1, -0.05) is 12.1 Å². The molecule has 2 aliphatic rings. The third kappa shape index (κ3) is 4.75. The maximum Gasteiger partial charge on any atom is 0.309 e. The highest BCUT2D eigenvalue weighted by atomic mass is 32.1. The molecule has 0 radical (unpaired) electrons. The van der Waals surface area contributed by atoms with Crippen molar-refractivity contribution in [3.05, 3.63) is 46.2 Å². The van der Waals surface area contributed by atoms with Gasteiger partial charge in [0.15, 0.2) is 11.5 Å². The Morgan fingerprint density at radius 3 is 2.70 bits per heavy atom. The van der Waals surface area contributed by atoms with Gasteiger partial charge in [0.2, 0.25) is 6.79 Å². The third-order valence-electron chi connectivity index (χ3n) is 5.20. The molecule has 4 rings (SSSR count). The molecule has 0 spiro atoms. The Balaban J connectivity index is 1.34. The molecule has 1 fully saturated rings. The van der Waals surface area contributed by atoms with Crippen LogP contribution in [-0.2, 0) is 20.9 Å². The topological polar surface area (TPSA) is 89.1 Å². The summed E-state index contributed by atoms with van der Waals surface area (Å²) < 4.78 is 16.1. The molecule has 0 unspecified atom stereocenters. The van der Waals surface area contributed by atoms with Gasteiger partial charge in [-0.05, 0) is 36.1 Å². The van der Waals surface area contributed by atoms with Crippen LogP contribution in [0.3, 0.4) is 0 Å². The Morgan fingerprint density at radius 2 is 1.93 bits per heavy atom. The zero-order valence-electron chi connectivity index (χ0n) is 16.8. The standard InChI is InChI=1S/C21H25N3O5S/c1-14(19(18-3-2-10-30-18)24-6-8-27-9-7-24)23-21(26)20(25)22-12-15-4-5-16-17(11-15)29-13-28-16/h2-5,10-11,14,19H,6-9,12-13H2,1H3,(H,22,25)(H,23,26)/t14-,19+/m0/s1. The predicted octanol–water partition coefficient (Wildman–Crippen LogP) is 1.67. The molecule has 0 saturated carbocycles. The van der Waals surface area contributed by atoms with Crippen LogP contribution in [0.15, 0.2) is 35.7 Å². The maximum atomic E-state index is 12.5. The molecule has 0 aliphatic carbocycles. The number of ether oxygens (including phenoxy) is 3. The zero-order valence-corrected chi connectivity index (χ0v) is 17.6. The number of morpholine rings is 1. The van der Waals surface area contributed by atoms with E-state index in [1.807, 2.05) is 24.4 Å². The minimum absolute atomic E-state index is 0.000454. The van der Waals surface area contributed by atoms with E-state index in [9.17, 15) is 9.59 Å². The molecule has 2 atom stereocenters. The molecule has 2 amide bonds. The van der Waals surface area contributed by atoms with Crippen LogP contribution >= 0.6 is 11.3 Å². The molecule has 2 aliphatic heterocycles.